The fourth-order valence-corrected chi connectivity index (χ4v) is 3.89. The van der Waals surface area contributed by atoms with Crippen molar-refractivity contribution in [1.82, 2.24) is 4.98 Å². The van der Waals surface area contributed by atoms with Crippen LogP contribution in [0.2, 0.25) is 0 Å². The van der Waals surface area contributed by atoms with E-state index in [0.29, 0.717) is 27.9 Å². The van der Waals surface area contributed by atoms with Crippen LogP contribution in [-0.2, 0) is 14.3 Å². The number of quaternary nitrogens is 1. The molecule has 0 spiro atoms. The first-order chi connectivity index (χ1) is 15.3. The van der Waals surface area contributed by atoms with Crippen molar-refractivity contribution in [2.45, 2.75) is 26.7 Å². The van der Waals surface area contributed by atoms with E-state index in [0.717, 1.165) is 5.56 Å². The Balaban J connectivity index is 2.11. The van der Waals surface area contributed by atoms with E-state index in [1.165, 1.54) is 14.2 Å². The molecule has 168 valence electrons. The summed E-state index contributed by atoms with van der Waals surface area (Å²) < 4.78 is 15.6. The molecule has 0 aliphatic carbocycles. The highest BCUT2D eigenvalue weighted by Crippen LogP contribution is 2.48. The number of pyridine rings is 1. The topological polar surface area (TPSA) is 114 Å². The smallest absolute Gasteiger partial charge is 0.337 e. The van der Waals surface area contributed by atoms with Gasteiger partial charge in [0.2, 0.25) is 5.88 Å². The molecule has 1 aromatic heterocycles. The number of hydroxylamine groups is 1. The molecule has 0 saturated carbocycles. The van der Waals surface area contributed by atoms with Crippen molar-refractivity contribution in [3.63, 3.8) is 0 Å². The van der Waals surface area contributed by atoms with Crippen LogP contribution in [0.4, 0.5) is 0 Å². The molecule has 1 atom stereocenters. The maximum atomic E-state index is 12.6. The minimum absolute atomic E-state index is 0.100. The number of ether oxygens (including phenoxy) is 3. The lowest BCUT2D eigenvalue weighted by molar-refractivity contribution is -0.562. The monoisotopic (exact) mass is 438 g/mol. The zero-order valence-electron chi connectivity index (χ0n) is 18.7. The largest absolute Gasteiger partial charge is 0.628 e. The molecule has 3 rings (SSSR count). The van der Waals surface area contributed by atoms with Crippen LogP contribution in [0.3, 0.4) is 0 Å². The predicted molar refractivity (Wildman–Crippen MR) is 117 cm³/mol. The van der Waals surface area contributed by atoms with Crippen molar-refractivity contribution in [2.75, 3.05) is 14.2 Å². The van der Waals surface area contributed by atoms with Crippen LogP contribution >= 0.6 is 0 Å². The van der Waals surface area contributed by atoms with Gasteiger partial charge in [-0.15, -0.1) is 0 Å². The molecule has 0 radical (unpaired) electrons. The number of carbonyl (C=O) groups is 2. The molecule has 0 saturated heterocycles. The number of carbonyl (C=O) groups excluding carboxylic acids is 2. The number of fused-ring (bicyclic) bond motifs is 1. The highest BCUT2D eigenvalue weighted by atomic mass is 16.6. The number of rotatable bonds is 6. The minimum Gasteiger partial charge on any atom is -0.628 e. The van der Waals surface area contributed by atoms with Crippen LogP contribution in [-0.4, -0.2) is 31.1 Å². The van der Waals surface area contributed by atoms with E-state index >= 15 is 0 Å². The second-order valence-electron chi connectivity index (χ2n) is 7.85. The third-order valence-corrected chi connectivity index (χ3v) is 5.49. The molecule has 0 amide bonds. The van der Waals surface area contributed by atoms with Crippen molar-refractivity contribution in [3.05, 3.63) is 76.3 Å². The molecule has 1 aliphatic rings. The molecule has 0 bridgehead atoms. The number of esters is 2. The van der Waals surface area contributed by atoms with E-state index in [2.05, 4.69) is 4.98 Å². The van der Waals surface area contributed by atoms with E-state index in [1.807, 2.05) is 19.1 Å². The molecule has 0 fully saturated rings. The van der Waals surface area contributed by atoms with Gasteiger partial charge in [-0.1, -0.05) is 30.4 Å². The molecule has 2 aromatic rings. The van der Waals surface area contributed by atoms with E-state index < -0.39 is 23.3 Å². The van der Waals surface area contributed by atoms with Gasteiger partial charge >= 0.3 is 11.9 Å². The third-order valence-electron chi connectivity index (χ3n) is 5.49. The second kappa shape index (κ2) is 9.33. The normalized spacial score (nSPS) is 15.9. The number of aromatic nitrogens is 1. The minimum atomic E-state index is -0.984. The van der Waals surface area contributed by atoms with Gasteiger partial charge in [0.1, 0.15) is 0 Å². The summed E-state index contributed by atoms with van der Waals surface area (Å²) in [5.41, 5.74) is 2.67. The second-order valence-corrected chi connectivity index (χ2v) is 7.85. The molecule has 1 aliphatic heterocycles. The number of methoxy groups -OCH3 is 2. The van der Waals surface area contributed by atoms with Gasteiger partial charge in [0.15, 0.2) is 0 Å². The molecular formula is C24H26N2O6. The lowest BCUT2D eigenvalue weighted by atomic mass is 9.70. The zero-order chi connectivity index (χ0) is 23.5. The molecular weight excluding hydrogens is 412 g/mol. The Morgan fingerprint density at radius 2 is 1.81 bits per heavy atom. The van der Waals surface area contributed by atoms with E-state index in [1.54, 1.807) is 50.3 Å². The first kappa shape index (κ1) is 23.2. The van der Waals surface area contributed by atoms with Gasteiger partial charge < -0.3 is 24.9 Å². The van der Waals surface area contributed by atoms with Gasteiger partial charge in [-0.25, -0.2) is 9.78 Å². The lowest BCUT2D eigenvalue weighted by Gasteiger charge is -2.36. The van der Waals surface area contributed by atoms with E-state index in [9.17, 15) is 14.8 Å². The Labute approximate surface area is 186 Å². The molecule has 8 nitrogen and oxygen atoms in total. The molecule has 8 heteroatoms. The molecule has 2 heterocycles. The highest BCUT2D eigenvalue weighted by molar-refractivity contribution is 5.89. The first-order valence-corrected chi connectivity index (χ1v) is 10.1. The van der Waals surface area contributed by atoms with Crippen LogP contribution < -0.4 is 10.2 Å². The summed E-state index contributed by atoms with van der Waals surface area (Å²) in [6.45, 7) is 5.36. The maximum absolute atomic E-state index is 12.6. The lowest BCUT2D eigenvalue weighted by Crippen LogP contribution is -2.77. The fraction of sp³-hybridized carbons (Fsp3) is 0.292. The van der Waals surface area contributed by atoms with Gasteiger partial charge in [-0.3, -0.25) is 4.79 Å². The SMILES string of the molecule is C/C=C\C1=C([NH2+][O-])Oc2nc(-c3ccc(C(=O)OC)cc3)ccc2C1C(C)(C)C(=O)OC. The van der Waals surface area contributed by atoms with Crippen molar-refractivity contribution >= 4 is 11.9 Å². The van der Waals surface area contributed by atoms with Gasteiger partial charge in [-0.2, -0.15) is 0 Å². The van der Waals surface area contributed by atoms with Crippen LogP contribution in [0.1, 0.15) is 42.6 Å². The van der Waals surface area contributed by atoms with Crippen molar-refractivity contribution in [3.8, 4) is 17.1 Å². The van der Waals surface area contributed by atoms with Crippen molar-refractivity contribution < 1.29 is 29.3 Å². The zero-order valence-corrected chi connectivity index (χ0v) is 18.7. The number of nitrogens with zero attached hydrogens (tertiary/aromatic N) is 1. The van der Waals surface area contributed by atoms with Crippen molar-refractivity contribution in [1.29, 1.82) is 0 Å². The summed E-state index contributed by atoms with van der Waals surface area (Å²) in [6.07, 6.45) is 3.56. The highest BCUT2D eigenvalue weighted by Gasteiger charge is 2.46. The predicted octanol–water partition coefficient (Wildman–Crippen LogP) is 3.06. The van der Waals surface area contributed by atoms with Gasteiger partial charge in [0.25, 0.3) is 5.88 Å². The molecule has 1 aromatic carbocycles. The van der Waals surface area contributed by atoms with Gasteiger partial charge in [0.05, 0.1) is 36.5 Å². The Hall–Kier alpha value is -3.49. The number of allylic oxidation sites excluding steroid dienone is 3. The number of nitrogens with two attached hydrogens (primary N) is 1. The van der Waals surface area contributed by atoms with Crippen LogP contribution in [0.5, 0.6) is 5.88 Å². The van der Waals surface area contributed by atoms with Gasteiger partial charge in [-0.05, 0) is 39.0 Å². The molecule has 32 heavy (non-hydrogen) atoms. The summed E-state index contributed by atoms with van der Waals surface area (Å²) >= 11 is 0. The standard InChI is InChI=1S/C24H26N2O6/c1-6-7-16-19(24(2,3)23(28)31-5)17-12-13-18(25-20(17)32-21(16)26-29)14-8-10-15(11-9-14)22(27)30-4/h6-13,19H,26H2,1-5H3/b7-6-. The molecule has 2 N–H and O–H groups in total. The Kier molecular flexibility index (Phi) is 6.76. The number of hydrogen-bond donors (Lipinski definition) is 1. The van der Waals surface area contributed by atoms with E-state index in [-0.39, 0.29) is 11.8 Å². The number of hydrogen-bond acceptors (Lipinski definition) is 7. The van der Waals surface area contributed by atoms with Crippen LogP contribution in [0.15, 0.2) is 60.0 Å². The number of benzene rings is 1. The quantitative estimate of drug-likeness (QED) is 0.544. The summed E-state index contributed by atoms with van der Waals surface area (Å²) in [6, 6.07) is 10.4. The maximum Gasteiger partial charge on any atom is 0.337 e. The summed E-state index contributed by atoms with van der Waals surface area (Å²) in [5.74, 6) is -0.994. The summed E-state index contributed by atoms with van der Waals surface area (Å²) in [4.78, 5) is 28.9. The Morgan fingerprint density at radius 3 is 2.38 bits per heavy atom. The van der Waals surface area contributed by atoms with Crippen LogP contribution in [0.25, 0.3) is 11.3 Å². The fourth-order valence-electron chi connectivity index (χ4n) is 3.89. The van der Waals surface area contributed by atoms with Crippen molar-refractivity contribution in [2.24, 2.45) is 5.41 Å². The van der Waals surface area contributed by atoms with Crippen LogP contribution in [0, 0.1) is 10.6 Å². The summed E-state index contributed by atoms with van der Waals surface area (Å²) in [5, 5.41) is 11.8. The van der Waals surface area contributed by atoms with Gasteiger partial charge in [0, 0.05) is 17.0 Å². The average molecular weight is 438 g/mol. The van der Waals surface area contributed by atoms with E-state index in [4.69, 9.17) is 14.2 Å². The Morgan fingerprint density at radius 1 is 1.12 bits per heavy atom. The Bertz CT molecular complexity index is 1090. The summed E-state index contributed by atoms with van der Waals surface area (Å²) in [7, 11) is 2.66. The third kappa shape index (κ3) is 4.15. The molecule has 1 unspecified atom stereocenters. The average Bonchev–Trinajstić information content (AvgIpc) is 2.82. The first-order valence-electron chi connectivity index (χ1n) is 10.1.